The molecule has 0 bridgehead atoms. The molecule has 0 aromatic heterocycles. The molecule has 0 spiro atoms. The molecule has 142 valence electrons. The van der Waals surface area contributed by atoms with Crippen molar-refractivity contribution in [2.24, 2.45) is 10.9 Å². The van der Waals surface area contributed by atoms with E-state index in [1.54, 1.807) is 0 Å². The summed E-state index contributed by atoms with van der Waals surface area (Å²) in [6.45, 7) is 5.10. The number of hydrogen-bond acceptors (Lipinski definition) is 3. The Morgan fingerprint density at radius 2 is 1.88 bits per heavy atom. The molecule has 0 amide bonds. The molecule has 1 N–H and O–H groups in total. The van der Waals surface area contributed by atoms with Gasteiger partial charge < -0.3 is 10.2 Å². The van der Waals surface area contributed by atoms with Crippen LogP contribution in [-0.4, -0.2) is 57.5 Å². The van der Waals surface area contributed by atoms with Gasteiger partial charge >= 0.3 is 0 Å². The molecule has 0 saturated carbocycles. The van der Waals surface area contributed by atoms with E-state index in [0.29, 0.717) is 12.5 Å². The van der Waals surface area contributed by atoms with Crippen LogP contribution in [-0.2, 0) is 16.3 Å². The molecule has 0 aliphatic carbocycles. The number of piperidine rings is 1. The van der Waals surface area contributed by atoms with Crippen molar-refractivity contribution in [2.75, 3.05) is 38.2 Å². The predicted molar refractivity (Wildman–Crippen MR) is 116 cm³/mol. The Hall–Kier alpha value is -0.830. The van der Waals surface area contributed by atoms with Gasteiger partial charge in [-0.15, -0.1) is 24.0 Å². The lowest BCUT2D eigenvalue weighted by molar-refractivity contribution is 0.259. The fraction of sp³-hybridized carbons (Fsp3) is 0.611. The van der Waals surface area contributed by atoms with Crippen LogP contribution in [0.15, 0.2) is 35.3 Å². The summed E-state index contributed by atoms with van der Waals surface area (Å²) in [5.41, 5.74) is 1.41. The van der Waals surface area contributed by atoms with Crippen LogP contribution in [0.5, 0.6) is 0 Å². The largest absolute Gasteiger partial charge is 0.357 e. The standard InChI is InChI=1S/C18H29N3O2S.HI/c1-3-19-18(20-11-14-24(2,22)23)21-12-9-17(10-13-21)15-16-7-5-4-6-8-16;/h4-8,17H,3,9-15H2,1-2H3,(H,19,20);1H. The van der Waals surface area contributed by atoms with Gasteiger partial charge in [-0.3, -0.25) is 4.99 Å². The van der Waals surface area contributed by atoms with Crippen molar-refractivity contribution in [2.45, 2.75) is 26.2 Å². The third-order valence-corrected chi connectivity index (χ3v) is 5.26. The second-order valence-electron chi connectivity index (χ2n) is 6.49. The second kappa shape index (κ2) is 11.0. The van der Waals surface area contributed by atoms with E-state index in [0.717, 1.165) is 44.9 Å². The van der Waals surface area contributed by atoms with Crippen molar-refractivity contribution in [1.29, 1.82) is 0 Å². The Kier molecular flexibility index (Phi) is 9.78. The average molecular weight is 479 g/mol. The smallest absolute Gasteiger partial charge is 0.193 e. The molecule has 7 heteroatoms. The zero-order valence-corrected chi connectivity index (χ0v) is 18.3. The van der Waals surface area contributed by atoms with Gasteiger partial charge in [0, 0.05) is 25.9 Å². The summed E-state index contributed by atoms with van der Waals surface area (Å²) < 4.78 is 22.5. The molecular formula is C18H30IN3O2S. The topological polar surface area (TPSA) is 61.8 Å². The van der Waals surface area contributed by atoms with Crippen LogP contribution in [0.3, 0.4) is 0 Å². The fourth-order valence-corrected chi connectivity index (χ4v) is 3.46. The Morgan fingerprint density at radius 1 is 1.24 bits per heavy atom. The molecule has 25 heavy (non-hydrogen) atoms. The van der Waals surface area contributed by atoms with Gasteiger partial charge in [-0.2, -0.15) is 0 Å². The van der Waals surface area contributed by atoms with Crippen LogP contribution in [0, 0.1) is 5.92 Å². The van der Waals surface area contributed by atoms with Crippen LogP contribution in [0.2, 0.25) is 0 Å². The van der Waals surface area contributed by atoms with Crippen LogP contribution >= 0.6 is 24.0 Å². The van der Waals surface area contributed by atoms with Gasteiger partial charge in [0.25, 0.3) is 0 Å². The van der Waals surface area contributed by atoms with Crippen LogP contribution < -0.4 is 5.32 Å². The van der Waals surface area contributed by atoms with E-state index >= 15 is 0 Å². The number of nitrogens with one attached hydrogen (secondary N) is 1. The zero-order chi connectivity index (χ0) is 17.4. The number of guanidine groups is 1. The Labute approximate surface area is 169 Å². The van der Waals surface area contributed by atoms with Gasteiger partial charge in [0.15, 0.2) is 5.96 Å². The first-order valence-corrected chi connectivity index (χ1v) is 10.8. The molecule has 1 aliphatic rings. The van der Waals surface area contributed by atoms with E-state index in [4.69, 9.17) is 0 Å². The highest BCUT2D eigenvalue weighted by molar-refractivity contribution is 14.0. The fourth-order valence-electron chi connectivity index (χ4n) is 3.04. The predicted octanol–water partition coefficient (Wildman–Crippen LogP) is 2.57. The average Bonchev–Trinajstić information content (AvgIpc) is 2.55. The first-order chi connectivity index (χ1) is 11.5. The normalized spacial score (nSPS) is 16.4. The lowest BCUT2D eigenvalue weighted by Crippen LogP contribution is -2.46. The van der Waals surface area contributed by atoms with E-state index in [-0.39, 0.29) is 29.7 Å². The molecule has 5 nitrogen and oxygen atoms in total. The molecule has 0 unspecified atom stereocenters. The zero-order valence-electron chi connectivity index (χ0n) is 15.1. The van der Waals surface area contributed by atoms with E-state index in [9.17, 15) is 8.42 Å². The van der Waals surface area contributed by atoms with Gasteiger partial charge in [-0.25, -0.2) is 8.42 Å². The SMILES string of the molecule is CCNC(=NCCS(C)(=O)=O)N1CCC(Cc2ccccc2)CC1.I. The molecule has 1 aromatic rings. The minimum absolute atomic E-state index is 0. The monoisotopic (exact) mass is 479 g/mol. The molecule has 1 fully saturated rings. The van der Waals surface area contributed by atoms with Gasteiger partial charge in [0.1, 0.15) is 9.84 Å². The number of rotatable bonds is 6. The summed E-state index contributed by atoms with van der Waals surface area (Å²) in [6, 6.07) is 10.7. The highest BCUT2D eigenvalue weighted by atomic mass is 127. The van der Waals surface area contributed by atoms with Crippen molar-refractivity contribution in [1.82, 2.24) is 10.2 Å². The van der Waals surface area contributed by atoms with Gasteiger partial charge in [-0.1, -0.05) is 30.3 Å². The number of likely N-dealkylation sites (tertiary alicyclic amines) is 1. The quantitative estimate of drug-likeness (QED) is 0.387. The number of sulfone groups is 1. The number of halogens is 1. The van der Waals surface area contributed by atoms with Crippen LogP contribution in [0.1, 0.15) is 25.3 Å². The van der Waals surface area contributed by atoms with Crippen LogP contribution in [0.4, 0.5) is 0 Å². The number of nitrogens with zero attached hydrogens (tertiary/aromatic N) is 2. The summed E-state index contributed by atoms with van der Waals surface area (Å²) in [7, 11) is -2.96. The first-order valence-electron chi connectivity index (χ1n) is 8.73. The molecule has 1 aromatic carbocycles. The summed E-state index contributed by atoms with van der Waals surface area (Å²) in [5.74, 6) is 1.66. The summed E-state index contributed by atoms with van der Waals surface area (Å²) in [4.78, 5) is 6.74. The molecule has 1 aliphatic heterocycles. The molecule has 2 rings (SSSR count). The lowest BCUT2D eigenvalue weighted by atomic mass is 9.90. The van der Waals surface area contributed by atoms with Crippen molar-refractivity contribution in [3.63, 3.8) is 0 Å². The third-order valence-electron chi connectivity index (χ3n) is 4.34. The minimum atomic E-state index is -2.96. The van der Waals surface area contributed by atoms with Gasteiger partial charge in [-0.05, 0) is 37.7 Å². The number of hydrogen-bond donors (Lipinski definition) is 1. The molecule has 1 heterocycles. The maximum absolute atomic E-state index is 11.3. The van der Waals surface area contributed by atoms with Crippen molar-refractivity contribution >= 4 is 39.8 Å². The molecule has 1 saturated heterocycles. The maximum Gasteiger partial charge on any atom is 0.193 e. The number of aliphatic imine (C=N–C) groups is 1. The summed E-state index contributed by atoms with van der Waals surface area (Å²) in [5, 5.41) is 3.28. The van der Waals surface area contributed by atoms with Crippen LogP contribution in [0.25, 0.3) is 0 Å². The Morgan fingerprint density at radius 3 is 2.44 bits per heavy atom. The van der Waals surface area contributed by atoms with Crippen molar-refractivity contribution < 1.29 is 8.42 Å². The molecule has 0 radical (unpaired) electrons. The number of benzene rings is 1. The van der Waals surface area contributed by atoms with Crippen molar-refractivity contribution in [3.05, 3.63) is 35.9 Å². The third kappa shape index (κ3) is 8.40. The van der Waals surface area contributed by atoms with E-state index in [1.165, 1.54) is 11.8 Å². The second-order valence-corrected chi connectivity index (χ2v) is 8.75. The van der Waals surface area contributed by atoms with E-state index < -0.39 is 9.84 Å². The minimum Gasteiger partial charge on any atom is -0.357 e. The van der Waals surface area contributed by atoms with Gasteiger partial charge in [0.2, 0.25) is 0 Å². The Bertz CT molecular complexity index is 627. The van der Waals surface area contributed by atoms with E-state index in [1.807, 2.05) is 6.92 Å². The van der Waals surface area contributed by atoms with Gasteiger partial charge in [0.05, 0.1) is 12.3 Å². The Balaban J connectivity index is 0.00000312. The maximum atomic E-state index is 11.3. The van der Waals surface area contributed by atoms with E-state index in [2.05, 4.69) is 45.5 Å². The lowest BCUT2D eigenvalue weighted by Gasteiger charge is -2.34. The summed E-state index contributed by atoms with van der Waals surface area (Å²) >= 11 is 0. The first kappa shape index (κ1) is 22.2. The summed E-state index contributed by atoms with van der Waals surface area (Å²) in [6.07, 6.45) is 4.68. The van der Waals surface area contributed by atoms with Crippen molar-refractivity contribution in [3.8, 4) is 0 Å². The highest BCUT2D eigenvalue weighted by Gasteiger charge is 2.21. The highest BCUT2D eigenvalue weighted by Crippen LogP contribution is 2.21. The molecular weight excluding hydrogens is 449 g/mol. The molecule has 0 atom stereocenters.